The van der Waals surface area contributed by atoms with Crippen molar-refractivity contribution in [3.63, 3.8) is 0 Å². The monoisotopic (exact) mass is 325 g/mol. The molecule has 25 heavy (non-hydrogen) atoms. The highest BCUT2D eigenvalue weighted by molar-refractivity contribution is 5.85. The van der Waals surface area contributed by atoms with E-state index >= 15 is 0 Å². The summed E-state index contributed by atoms with van der Waals surface area (Å²) in [5, 5.41) is 0. The van der Waals surface area contributed by atoms with Crippen molar-refractivity contribution in [1.82, 2.24) is 4.57 Å². The third-order valence-electron chi connectivity index (χ3n) is 6.17. The van der Waals surface area contributed by atoms with Crippen molar-refractivity contribution in [3.8, 4) is 11.1 Å². The second-order valence-corrected chi connectivity index (χ2v) is 7.50. The summed E-state index contributed by atoms with van der Waals surface area (Å²) in [6.07, 6.45) is 18.2. The van der Waals surface area contributed by atoms with E-state index in [0.717, 1.165) is 12.8 Å². The minimum absolute atomic E-state index is 0.127. The van der Waals surface area contributed by atoms with Crippen LogP contribution in [0.5, 0.6) is 0 Å². The van der Waals surface area contributed by atoms with Crippen LogP contribution < -0.4 is 0 Å². The Morgan fingerprint density at radius 2 is 1.84 bits per heavy atom. The molecule has 0 fully saturated rings. The molecule has 0 N–H and O–H groups in total. The van der Waals surface area contributed by atoms with Gasteiger partial charge >= 0.3 is 0 Å². The largest absolute Gasteiger partial charge is 0.353 e. The van der Waals surface area contributed by atoms with Crippen LogP contribution in [0, 0.1) is 5.92 Å². The van der Waals surface area contributed by atoms with Crippen LogP contribution in [0.2, 0.25) is 0 Å². The molecule has 0 saturated carbocycles. The first-order chi connectivity index (χ1) is 12.2. The van der Waals surface area contributed by atoms with Crippen LogP contribution in [0.3, 0.4) is 0 Å². The van der Waals surface area contributed by atoms with Gasteiger partial charge in [-0.05, 0) is 47.1 Å². The van der Waals surface area contributed by atoms with Crippen molar-refractivity contribution in [1.29, 1.82) is 0 Å². The highest BCUT2D eigenvalue weighted by atomic mass is 15.0. The summed E-state index contributed by atoms with van der Waals surface area (Å²) >= 11 is 0. The SMILES string of the molecule is CC1CC=CC=C1C1(C2=CC=CC2)c2ccccc2-c2ccn(C)c21. The Morgan fingerprint density at radius 3 is 2.64 bits per heavy atom. The molecule has 3 aliphatic rings. The van der Waals surface area contributed by atoms with Crippen molar-refractivity contribution in [2.75, 3.05) is 0 Å². The molecule has 2 atom stereocenters. The zero-order chi connectivity index (χ0) is 17.0. The Kier molecular flexibility index (Phi) is 3.09. The number of allylic oxidation sites excluding steroid dienone is 8. The van der Waals surface area contributed by atoms with Gasteiger partial charge in [0.05, 0.1) is 5.41 Å². The first-order valence-electron chi connectivity index (χ1n) is 9.23. The summed E-state index contributed by atoms with van der Waals surface area (Å²) in [6.45, 7) is 2.38. The van der Waals surface area contributed by atoms with Gasteiger partial charge < -0.3 is 4.57 Å². The number of aromatic nitrogens is 1. The molecule has 3 aliphatic carbocycles. The van der Waals surface area contributed by atoms with E-state index in [0.29, 0.717) is 5.92 Å². The smallest absolute Gasteiger partial charge is 0.0797 e. The maximum Gasteiger partial charge on any atom is 0.0797 e. The van der Waals surface area contributed by atoms with Gasteiger partial charge in [0, 0.05) is 24.5 Å². The zero-order valence-electron chi connectivity index (χ0n) is 14.9. The number of rotatable bonds is 2. The molecule has 0 radical (unpaired) electrons. The van der Waals surface area contributed by atoms with Gasteiger partial charge in [0.25, 0.3) is 0 Å². The van der Waals surface area contributed by atoms with E-state index in [1.807, 2.05) is 0 Å². The first-order valence-corrected chi connectivity index (χ1v) is 9.23. The summed E-state index contributed by atoms with van der Waals surface area (Å²) in [4.78, 5) is 0. The summed E-state index contributed by atoms with van der Waals surface area (Å²) in [5.41, 5.74) is 8.61. The number of fused-ring (bicyclic) bond motifs is 3. The highest BCUT2D eigenvalue weighted by Crippen LogP contribution is 2.59. The van der Waals surface area contributed by atoms with E-state index in [1.165, 1.54) is 33.5 Å². The van der Waals surface area contributed by atoms with E-state index in [-0.39, 0.29) is 5.41 Å². The van der Waals surface area contributed by atoms with Crippen LogP contribution in [0.25, 0.3) is 11.1 Å². The van der Waals surface area contributed by atoms with Crippen molar-refractivity contribution < 1.29 is 0 Å². The lowest BCUT2D eigenvalue weighted by Crippen LogP contribution is -2.35. The molecule has 1 aromatic heterocycles. The molecule has 2 unspecified atom stereocenters. The van der Waals surface area contributed by atoms with Crippen LogP contribution >= 0.6 is 0 Å². The average molecular weight is 325 g/mol. The van der Waals surface area contributed by atoms with Gasteiger partial charge in [-0.15, -0.1) is 0 Å². The molecule has 0 amide bonds. The quantitative estimate of drug-likeness (QED) is 0.667. The van der Waals surface area contributed by atoms with E-state index in [4.69, 9.17) is 0 Å². The lowest BCUT2D eigenvalue weighted by molar-refractivity contribution is 0.542. The van der Waals surface area contributed by atoms with Gasteiger partial charge in [-0.25, -0.2) is 0 Å². The van der Waals surface area contributed by atoms with Crippen LogP contribution in [-0.2, 0) is 12.5 Å². The van der Waals surface area contributed by atoms with Gasteiger partial charge in [-0.1, -0.05) is 67.6 Å². The Morgan fingerprint density at radius 1 is 1.00 bits per heavy atom. The second kappa shape index (κ2) is 5.23. The fraction of sp³-hybridized carbons (Fsp3) is 0.250. The molecule has 5 rings (SSSR count). The number of hydrogen-bond donors (Lipinski definition) is 0. The normalized spacial score (nSPS) is 26.4. The van der Waals surface area contributed by atoms with Crippen LogP contribution in [0.1, 0.15) is 31.0 Å². The van der Waals surface area contributed by atoms with Crippen LogP contribution in [0.4, 0.5) is 0 Å². The topological polar surface area (TPSA) is 4.93 Å². The third-order valence-corrected chi connectivity index (χ3v) is 6.17. The minimum atomic E-state index is -0.127. The molecule has 0 bridgehead atoms. The minimum Gasteiger partial charge on any atom is -0.353 e. The van der Waals surface area contributed by atoms with E-state index in [9.17, 15) is 0 Å². The number of nitrogens with zero attached hydrogens (tertiary/aromatic N) is 1. The summed E-state index contributed by atoms with van der Waals surface area (Å²) in [5.74, 6) is 0.542. The lowest BCUT2D eigenvalue weighted by atomic mass is 9.63. The Hall–Kier alpha value is -2.54. The maximum absolute atomic E-state index is 2.38. The van der Waals surface area contributed by atoms with Crippen molar-refractivity contribution >= 4 is 0 Å². The number of hydrogen-bond acceptors (Lipinski definition) is 0. The Balaban J connectivity index is 1.92. The lowest BCUT2D eigenvalue weighted by Gasteiger charge is -2.40. The highest BCUT2D eigenvalue weighted by Gasteiger charge is 2.51. The Labute approximate surface area is 149 Å². The third kappa shape index (κ3) is 1.79. The van der Waals surface area contributed by atoms with E-state index < -0.39 is 0 Å². The van der Waals surface area contributed by atoms with Crippen molar-refractivity contribution in [2.45, 2.75) is 25.2 Å². The predicted molar refractivity (Wildman–Crippen MR) is 104 cm³/mol. The van der Waals surface area contributed by atoms with Gasteiger partial charge in [0.2, 0.25) is 0 Å². The van der Waals surface area contributed by atoms with Crippen LogP contribution in [0.15, 0.2) is 84.1 Å². The number of benzene rings is 1. The summed E-state index contributed by atoms with van der Waals surface area (Å²) in [6, 6.07) is 11.3. The summed E-state index contributed by atoms with van der Waals surface area (Å²) in [7, 11) is 2.20. The average Bonchev–Trinajstić information content (AvgIpc) is 3.34. The zero-order valence-corrected chi connectivity index (χ0v) is 14.9. The van der Waals surface area contributed by atoms with E-state index in [2.05, 4.69) is 91.5 Å². The molecule has 1 heterocycles. The van der Waals surface area contributed by atoms with Crippen LogP contribution in [-0.4, -0.2) is 4.57 Å². The molecule has 1 heteroatoms. The molecular weight excluding hydrogens is 302 g/mol. The molecule has 1 aromatic carbocycles. The Bertz CT molecular complexity index is 979. The number of aryl methyl sites for hydroxylation is 1. The molecule has 1 nitrogen and oxygen atoms in total. The van der Waals surface area contributed by atoms with E-state index in [1.54, 1.807) is 0 Å². The van der Waals surface area contributed by atoms with Gasteiger partial charge in [0.15, 0.2) is 0 Å². The molecule has 2 aromatic rings. The maximum atomic E-state index is 2.38. The molecule has 124 valence electrons. The fourth-order valence-electron chi connectivity index (χ4n) is 5.15. The molecule has 0 aliphatic heterocycles. The molecule has 0 spiro atoms. The molecular formula is C24H23N. The predicted octanol–water partition coefficient (Wildman–Crippen LogP) is 5.70. The van der Waals surface area contributed by atoms with Gasteiger partial charge in [-0.2, -0.15) is 0 Å². The first kappa shape index (κ1) is 14.8. The van der Waals surface area contributed by atoms with Crippen molar-refractivity contribution in [2.24, 2.45) is 13.0 Å². The van der Waals surface area contributed by atoms with Gasteiger partial charge in [-0.3, -0.25) is 0 Å². The molecule has 0 saturated heterocycles. The second-order valence-electron chi connectivity index (χ2n) is 7.50. The van der Waals surface area contributed by atoms with Crippen molar-refractivity contribution in [3.05, 3.63) is 95.4 Å². The summed E-state index contributed by atoms with van der Waals surface area (Å²) < 4.78 is 2.35. The standard InChI is InChI=1S/C24H23N/c1-17-9-3-7-13-21(17)24(18-10-4-5-11-18)22-14-8-6-12-19(22)20-15-16-25(2)23(20)24/h3-8,10,12-17H,9,11H2,1-2H3. The fourth-order valence-corrected chi connectivity index (χ4v) is 5.15. The van der Waals surface area contributed by atoms with Gasteiger partial charge in [0.1, 0.15) is 0 Å².